The lowest BCUT2D eigenvalue weighted by Gasteiger charge is -2.39. The average Bonchev–Trinajstić information content (AvgIpc) is 3.38. The number of methoxy groups -OCH3 is 2. The van der Waals surface area contributed by atoms with E-state index in [1.165, 1.54) is 21.5 Å². The van der Waals surface area contributed by atoms with E-state index in [9.17, 15) is 0 Å². The SMILES string of the molecule is COC1(OC)[C+]2CC[C-]1c1cccc(c1)C#Cc1ccc3ccc4ccc(cc4c3c1)C#Cc1cccc2c1. The summed E-state index contributed by atoms with van der Waals surface area (Å²) in [5.74, 6) is 14.9. The second-order valence-electron chi connectivity index (χ2n) is 10.1. The van der Waals surface area contributed by atoms with Gasteiger partial charge in [0, 0.05) is 37.8 Å². The van der Waals surface area contributed by atoms with Crippen LogP contribution in [0, 0.1) is 35.5 Å². The van der Waals surface area contributed by atoms with Crippen LogP contribution in [-0.4, -0.2) is 20.0 Å². The molecule has 0 spiro atoms. The maximum atomic E-state index is 6.18. The highest BCUT2D eigenvalue weighted by Gasteiger charge is 2.53. The number of rotatable bonds is 2. The molecule has 1 fully saturated rings. The Kier molecular flexibility index (Phi) is 5.61. The number of benzene rings is 5. The maximum absolute atomic E-state index is 6.18. The van der Waals surface area contributed by atoms with Gasteiger partial charge in [0.2, 0.25) is 5.79 Å². The number of ether oxygens (including phenoxy) is 2. The van der Waals surface area contributed by atoms with Gasteiger partial charge in [-0.2, -0.15) is 11.6 Å². The third-order valence-electron chi connectivity index (χ3n) is 7.96. The number of hydrogen-bond acceptors (Lipinski definition) is 2. The highest BCUT2D eigenvalue weighted by atomic mass is 16.7. The molecule has 5 aromatic carbocycles. The fourth-order valence-corrected chi connectivity index (χ4v) is 6.07. The molecule has 2 aliphatic carbocycles. The van der Waals surface area contributed by atoms with Crippen molar-refractivity contribution in [1.29, 1.82) is 0 Å². The third-order valence-corrected chi connectivity index (χ3v) is 7.96. The molecule has 10 bridgehead atoms. The first-order valence-corrected chi connectivity index (χ1v) is 13.2. The largest absolute Gasteiger partial charge is 0.345 e. The zero-order chi connectivity index (χ0) is 26.4. The summed E-state index contributed by atoms with van der Waals surface area (Å²) in [7, 11) is 3.45. The summed E-state index contributed by atoms with van der Waals surface area (Å²) in [5.41, 5.74) is 6.07. The first-order valence-electron chi connectivity index (χ1n) is 13.2. The molecule has 0 aromatic heterocycles. The summed E-state index contributed by atoms with van der Waals surface area (Å²) < 4.78 is 12.4. The van der Waals surface area contributed by atoms with Gasteiger partial charge < -0.3 is 9.47 Å². The van der Waals surface area contributed by atoms with Crippen molar-refractivity contribution in [2.45, 2.75) is 18.6 Å². The van der Waals surface area contributed by atoms with Crippen molar-refractivity contribution in [3.8, 4) is 23.7 Å². The molecule has 39 heavy (non-hydrogen) atoms. The van der Waals surface area contributed by atoms with E-state index in [1.807, 2.05) is 0 Å². The maximum Gasteiger partial charge on any atom is 0.216 e. The monoisotopic (exact) mass is 502 g/mol. The fraction of sp³-hybridized carbons (Fsp3) is 0.135. The van der Waals surface area contributed by atoms with Crippen LogP contribution < -0.4 is 0 Å². The predicted octanol–water partition coefficient (Wildman–Crippen LogP) is 7.43. The molecule has 2 aliphatic rings. The molecular formula is C37H26O2. The van der Waals surface area contributed by atoms with Crippen molar-refractivity contribution < 1.29 is 9.47 Å². The minimum Gasteiger partial charge on any atom is -0.345 e. The van der Waals surface area contributed by atoms with E-state index in [0.29, 0.717) is 0 Å². The Morgan fingerprint density at radius 1 is 0.641 bits per heavy atom. The van der Waals surface area contributed by atoms with Gasteiger partial charge in [0.15, 0.2) is 0 Å². The van der Waals surface area contributed by atoms with Crippen molar-refractivity contribution in [3.05, 3.63) is 142 Å². The normalized spacial score (nSPS) is 15.0. The van der Waals surface area contributed by atoms with Gasteiger partial charge in [-0.1, -0.05) is 60.4 Å². The van der Waals surface area contributed by atoms with Gasteiger partial charge in [0.05, 0.1) is 17.5 Å². The number of fused-ring (bicyclic) bond motifs is 10. The van der Waals surface area contributed by atoms with Crippen LogP contribution in [0.15, 0.2) is 97.1 Å². The van der Waals surface area contributed by atoms with E-state index < -0.39 is 5.79 Å². The molecule has 1 saturated carbocycles. The lowest BCUT2D eigenvalue weighted by Crippen LogP contribution is -2.42. The first kappa shape index (κ1) is 23.5. The molecule has 7 rings (SSSR count). The lowest BCUT2D eigenvalue weighted by molar-refractivity contribution is -0.168. The molecule has 0 aliphatic heterocycles. The molecular weight excluding hydrogens is 476 g/mol. The Labute approximate surface area is 229 Å². The van der Waals surface area contributed by atoms with Gasteiger partial charge in [-0.3, -0.25) is 0 Å². The van der Waals surface area contributed by atoms with E-state index in [1.54, 1.807) is 14.2 Å². The van der Waals surface area contributed by atoms with E-state index >= 15 is 0 Å². The highest BCUT2D eigenvalue weighted by molar-refractivity contribution is 6.08. The highest BCUT2D eigenvalue weighted by Crippen LogP contribution is 2.52. The van der Waals surface area contributed by atoms with Gasteiger partial charge in [-0.05, 0) is 69.4 Å². The summed E-state index contributed by atoms with van der Waals surface area (Å²) in [4.78, 5) is 0. The third kappa shape index (κ3) is 3.94. The molecule has 0 amide bonds. The summed E-state index contributed by atoms with van der Waals surface area (Å²) in [6, 6.07) is 34.0. The summed E-state index contributed by atoms with van der Waals surface area (Å²) in [6.45, 7) is 0. The van der Waals surface area contributed by atoms with Crippen LogP contribution in [0.3, 0.4) is 0 Å². The molecule has 0 N–H and O–H groups in total. The van der Waals surface area contributed by atoms with Crippen LogP contribution in [0.5, 0.6) is 0 Å². The zero-order valence-electron chi connectivity index (χ0n) is 22.0. The van der Waals surface area contributed by atoms with Crippen LogP contribution in [-0.2, 0) is 9.47 Å². The topological polar surface area (TPSA) is 18.5 Å². The fourth-order valence-electron chi connectivity index (χ4n) is 6.07. The smallest absolute Gasteiger partial charge is 0.216 e. The lowest BCUT2D eigenvalue weighted by atomic mass is 9.85. The standard InChI is InChI=1S/C37H26O2/c1-38-37(39-2)35-19-20-36(37)32-8-4-6-26(22-32)10-12-28-14-16-30-18-17-29-15-13-27(23-33(29)34(30)24-28)11-9-25-5-3-7-31(35)21-25/h3-8,13-18,21-24H,19-20H2,1-2H3. The van der Waals surface area contributed by atoms with Gasteiger partial charge >= 0.3 is 0 Å². The van der Waals surface area contributed by atoms with E-state index in [0.717, 1.165) is 58.1 Å². The van der Waals surface area contributed by atoms with Crippen molar-refractivity contribution >= 4 is 21.5 Å². The molecule has 0 heterocycles. The molecule has 2 heteroatoms. The summed E-state index contributed by atoms with van der Waals surface area (Å²) in [6.07, 6.45) is 1.69. The molecule has 0 atom stereocenters. The Hall–Kier alpha value is -4.60. The minimum absolute atomic E-state index is 0.845. The molecule has 186 valence electrons. The Morgan fingerprint density at radius 2 is 1.18 bits per heavy atom. The van der Waals surface area contributed by atoms with E-state index in [2.05, 4.69) is 121 Å². The van der Waals surface area contributed by atoms with Crippen LogP contribution in [0.2, 0.25) is 0 Å². The average molecular weight is 503 g/mol. The van der Waals surface area contributed by atoms with Crippen LogP contribution in [0.4, 0.5) is 0 Å². The molecule has 0 unspecified atom stereocenters. The zero-order valence-corrected chi connectivity index (χ0v) is 22.0. The van der Waals surface area contributed by atoms with Crippen molar-refractivity contribution in [2.75, 3.05) is 14.2 Å². The summed E-state index contributed by atoms with van der Waals surface area (Å²) >= 11 is 0. The van der Waals surface area contributed by atoms with E-state index in [-0.39, 0.29) is 0 Å². The second kappa shape index (κ2) is 9.30. The molecule has 2 nitrogen and oxygen atoms in total. The van der Waals surface area contributed by atoms with Crippen molar-refractivity contribution in [2.24, 2.45) is 0 Å². The Bertz CT molecular complexity index is 1740. The Morgan fingerprint density at radius 3 is 1.79 bits per heavy atom. The van der Waals surface area contributed by atoms with Crippen molar-refractivity contribution in [1.82, 2.24) is 0 Å². The molecule has 0 saturated heterocycles. The van der Waals surface area contributed by atoms with Gasteiger partial charge in [0.25, 0.3) is 0 Å². The van der Waals surface area contributed by atoms with Gasteiger partial charge in [0.1, 0.15) is 5.56 Å². The van der Waals surface area contributed by atoms with Crippen LogP contribution >= 0.6 is 0 Å². The quantitative estimate of drug-likeness (QED) is 0.108. The first-order chi connectivity index (χ1) is 19.2. The predicted molar refractivity (Wildman–Crippen MR) is 157 cm³/mol. The second-order valence-corrected chi connectivity index (χ2v) is 10.1. The Balaban J connectivity index is 1.48. The van der Waals surface area contributed by atoms with Crippen molar-refractivity contribution in [3.63, 3.8) is 0 Å². The summed E-state index contributed by atoms with van der Waals surface area (Å²) in [5, 5.41) is 4.76. The van der Waals surface area contributed by atoms with Crippen LogP contribution in [0.25, 0.3) is 21.5 Å². The van der Waals surface area contributed by atoms with Gasteiger partial charge in [-0.25, -0.2) is 0 Å². The number of hydrogen-bond donors (Lipinski definition) is 0. The molecule has 0 radical (unpaired) electrons. The molecule has 5 aromatic rings. The van der Waals surface area contributed by atoms with Gasteiger partial charge in [-0.15, -0.1) is 12.1 Å². The minimum atomic E-state index is -0.932. The van der Waals surface area contributed by atoms with Crippen LogP contribution in [0.1, 0.15) is 46.2 Å². The van der Waals surface area contributed by atoms with E-state index in [4.69, 9.17) is 9.47 Å².